The lowest BCUT2D eigenvalue weighted by molar-refractivity contribution is 0.414. The number of anilines is 1. The third kappa shape index (κ3) is 3.64. The molecule has 27 heavy (non-hydrogen) atoms. The molecule has 0 saturated heterocycles. The molecule has 1 aliphatic heterocycles. The lowest BCUT2D eigenvalue weighted by Crippen LogP contribution is -2.07. The summed E-state index contributed by atoms with van der Waals surface area (Å²) in [5.74, 6) is 1.88. The molecule has 1 aromatic heterocycles. The van der Waals surface area contributed by atoms with Crippen LogP contribution in [-0.2, 0) is 12.8 Å². The molecule has 0 unspecified atom stereocenters. The van der Waals surface area contributed by atoms with Gasteiger partial charge in [-0.2, -0.15) is 5.10 Å². The van der Waals surface area contributed by atoms with Gasteiger partial charge in [0.05, 0.1) is 28.5 Å². The van der Waals surface area contributed by atoms with Crippen molar-refractivity contribution in [2.24, 2.45) is 0 Å². The highest BCUT2D eigenvalue weighted by Crippen LogP contribution is 2.34. The molecule has 1 N–H and O–H groups in total. The molecule has 0 bridgehead atoms. The molecule has 0 aliphatic carbocycles. The van der Waals surface area contributed by atoms with Gasteiger partial charge in [0, 0.05) is 18.5 Å². The van der Waals surface area contributed by atoms with E-state index in [2.05, 4.69) is 17.4 Å². The molecule has 0 amide bonds. The minimum absolute atomic E-state index is 0.520. The number of methoxy groups -OCH3 is 1. The van der Waals surface area contributed by atoms with Crippen molar-refractivity contribution in [2.75, 3.05) is 19.0 Å². The summed E-state index contributed by atoms with van der Waals surface area (Å²) >= 11 is 12.7. The third-order valence-corrected chi connectivity index (χ3v) is 5.71. The summed E-state index contributed by atoms with van der Waals surface area (Å²) < 4.78 is 7.17. The second-order valence-corrected chi connectivity index (χ2v) is 7.45. The van der Waals surface area contributed by atoms with Crippen molar-refractivity contribution in [3.05, 3.63) is 69.3 Å². The Hall–Kier alpha value is -2.17. The highest BCUT2D eigenvalue weighted by molar-refractivity contribution is 6.43. The van der Waals surface area contributed by atoms with Crippen LogP contribution in [0.4, 0.5) is 5.82 Å². The molecule has 0 fully saturated rings. The zero-order valence-electron chi connectivity index (χ0n) is 15.1. The van der Waals surface area contributed by atoms with E-state index in [1.807, 2.05) is 28.9 Å². The van der Waals surface area contributed by atoms with Gasteiger partial charge >= 0.3 is 0 Å². The van der Waals surface area contributed by atoms with Crippen LogP contribution in [0.2, 0.25) is 10.0 Å². The number of hydrogen-bond donors (Lipinski definition) is 1. The lowest BCUT2D eigenvalue weighted by Gasteiger charge is -2.11. The van der Waals surface area contributed by atoms with Gasteiger partial charge in [-0.1, -0.05) is 41.4 Å². The number of nitrogens with one attached hydrogen (secondary N) is 1. The highest BCUT2D eigenvalue weighted by Gasteiger charge is 2.22. The Bertz CT molecular complexity index is 951. The molecule has 4 nitrogen and oxygen atoms in total. The zero-order valence-corrected chi connectivity index (χ0v) is 16.6. The molecule has 1 aliphatic rings. The van der Waals surface area contributed by atoms with Gasteiger partial charge in [-0.25, -0.2) is 4.68 Å². The normalized spacial score (nSPS) is 13.6. The van der Waals surface area contributed by atoms with Crippen molar-refractivity contribution in [3.8, 4) is 11.4 Å². The standard InChI is InChI=1S/C21H21Cl2N3O/c1-27-15-10-8-14(9-11-15)13-18-16-5-2-3-12-24-21(16)26(25-18)19-7-4-6-17(22)20(19)23/h4,6-11,24H,2-3,5,12-13H2,1H3. The quantitative estimate of drug-likeness (QED) is 0.624. The van der Waals surface area contributed by atoms with Crippen molar-refractivity contribution in [1.82, 2.24) is 9.78 Å². The number of benzene rings is 2. The number of nitrogens with zero attached hydrogens (tertiary/aromatic N) is 2. The molecule has 0 atom stereocenters. The van der Waals surface area contributed by atoms with Crippen LogP contribution >= 0.6 is 23.2 Å². The molecule has 0 spiro atoms. The SMILES string of the molecule is COc1ccc(Cc2nn(-c3cccc(Cl)c3Cl)c3c2CCCCN3)cc1. The van der Waals surface area contributed by atoms with Gasteiger partial charge in [0.15, 0.2) is 0 Å². The fourth-order valence-corrected chi connectivity index (χ4v) is 3.86. The van der Waals surface area contributed by atoms with Crippen LogP contribution in [0, 0.1) is 0 Å². The average molecular weight is 402 g/mol. The van der Waals surface area contributed by atoms with Crippen molar-refractivity contribution < 1.29 is 4.74 Å². The molecule has 2 heterocycles. The fourth-order valence-electron chi connectivity index (χ4n) is 3.48. The largest absolute Gasteiger partial charge is 0.497 e. The summed E-state index contributed by atoms with van der Waals surface area (Å²) in [7, 11) is 1.68. The van der Waals surface area contributed by atoms with Crippen LogP contribution in [0.1, 0.15) is 29.7 Å². The number of aromatic nitrogens is 2. The maximum Gasteiger partial charge on any atom is 0.133 e. The number of ether oxygens (including phenoxy) is 1. The lowest BCUT2D eigenvalue weighted by atomic mass is 10.0. The van der Waals surface area contributed by atoms with E-state index in [0.29, 0.717) is 10.0 Å². The molecule has 2 aromatic carbocycles. The van der Waals surface area contributed by atoms with E-state index in [9.17, 15) is 0 Å². The molecular weight excluding hydrogens is 381 g/mol. The van der Waals surface area contributed by atoms with Gasteiger partial charge in [-0.15, -0.1) is 0 Å². The smallest absolute Gasteiger partial charge is 0.133 e. The highest BCUT2D eigenvalue weighted by atomic mass is 35.5. The number of hydrogen-bond acceptors (Lipinski definition) is 3. The molecule has 0 radical (unpaired) electrons. The Kier molecular flexibility index (Phi) is 5.28. The van der Waals surface area contributed by atoms with E-state index >= 15 is 0 Å². The molecule has 6 heteroatoms. The van der Waals surface area contributed by atoms with E-state index in [1.165, 1.54) is 11.1 Å². The van der Waals surface area contributed by atoms with Crippen molar-refractivity contribution >= 4 is 29.0 Å². The van der Waals surface area contributed by atoms with Gasteiger partial charge in [0.1, 0.15) is 11.6 Å². The number of halogens is 2. The van der Waals surface area contributed by atoms with Crippen LogP contribution in [0.3, 0.4) is 0 Å². The van der Waals surface area contributed by atoms with Crippen LogP contribution < -0.4 is 10.1 Å². The van der Waals surface area contributed by atoms with Crippen molar-refractivity contribution in [1.29, 1.82) is 0 Å². The Morgan fingerprint density at radius 3 is 2.70 bits per heavy atom. The van der Waals surface area contributed by atoms with Gasteiger partial charge in [-0.05, 0) is 49.1 Å². The molecular formula is C21H21Cl2N3O. The summed E-state index contributed by atoms with van der Waals surface area (Å²) in [5.41, 5.74) is 4.33. The van der Waals surface area contributed by atoms with Crippen LogP contribution in [-0.4, -0.2) is 23.4 Å². The summed E-state index contributed by atoms with van der Waals surface area (Å²) in [6.07, 6.45) is 4.05. The summed E-state index contributed by atoms with van der Waals surface area (Å²) in [5, 5.41) is 9.52. The number of rotatable bonds is 4. The molecule has 0 saturated carbocycles. The minimum Gasteiger partial charge on any atom is -0.497 e. The van der Waals surface area contributed by atoms with Gasteiger partial charge < -0.3 is 10.1 Å². The fraction of sp³-hybridized carbons (Fsp3) is 0.286. The summed E-state index contributed by atoms with van der Waals surface area (Å²) in [6, 6.07) is 13.8. The first-order valence-electron chi connectivity index (χ1n) is 9.09. The van der Waals surface area contributed by atoms with E-state index in [1.54, 1.807) is 13.2 Å². The first kappa shape index (κ1) is 18.2. The van der Waals surface area contributed by atoms with E-state index in [0.717, 1.165) is 55.2 Å². The first-order chi connectivity index (χ1) is 13.2. The summed E-state index contributed by atoms with van der Waals surface area (Å²) in [4.78, 5) is 0. The van der Waals surface area contributed by atoms with Crippen molar-refractivity contribution in [2.45, 2.75) is 25.7 Å². The maximum absolute atomic E-state index is 6.48. The predicted molar refractivity (Wildman–Crippen MR) is 111 cm³/mol. The van der Waals surface area contributed by atoms with E-state index in [-0.39, 0.29) is 0 Å². The average Bonchev–Trinajstić information content (AvgIpc) is 2.86. The Balaban J connectivity index is 1.77. The van der Waals surface area contributed by atoms with Crippen LogP contribution in [0.15, 0.2) is 42.5 Å². The Morgan fingerprint density at radius 2 is 1.93 bits per heavy atom. The predicted octanol–water partition coefficient (Wildman–Crippen LogP) is 5.53. The van der Waals surface area contributed by atoms with Gasteiger partial charge in [-0.3, -0.25) is 0 Å². The minimum atomic E-state index is 0.520. The monoisotopic (exact) mass is 401 g/mol. The second kappa shape index (κ2) is 7.83. The maximum atomic E-state index is 6.48. The second-order valence-electron chi connectivity index (χ2n) is 6.67. The summed E-state index contributed by atoms with van der Waals surface area (Å²) in [6.45, 7) is 0.929. The third-order valence-electron chi connectivity index (χ3n) is 4.90. The molecule has 3 aromatic rings. The van der Waals surface area contributed by atoms with Crippen LogP contribution in [0.5, 0.6) is 5.75 Å². The van der Waals surface area contributed by atoms with E-state index < -0.39 is 0 Å². The zero-order chi connectivity index (χ0) is 18.8. The van der Waals surface area contributed by atoms with Gasteiger partial charge in [0.2, 0.25) is 0 Å². The first-order valence-corrected chi connectivity index (χ1v) is 9.85. The van der Waals surface area contributed by atoms with Crippen LogP contribution in [0.25, 0.3) is 5.69 Å². The van der Waals surface area contributed by atoms with E-state index in [4.69, 9.17) is 33.0 Å². The Morgan fingerprint density at radius 1 is 1.11 bits per heavy atom. The topological polar surface area (TPSA) is 39.1 Å². The molecule has 4 rings (SSSR count). The number of fused-ring (bicyclic) bond motifs is 1. The van der Waals surface area contributed by atoms with Crippen molar-refractivity contribution in [3.63, 3.8) is 0 Å². The molecule has 140 valence electrons. The Labute approximate surface area is 169 Å². The van der Waals surface area contributed by atoms with Gasteiger partial charge in [0.25, 0.3) is 0 Å².